The van der Waals surface area contributed by atoms with Crippen LogP contribution >= 0.6 is 23.4 Å². The van der Waals surface area contributed by atoms with Crippen LogP contribution in [0.4, 0.5) is 4.39 Å². The van der Waals surface area contributed by atoms with Gasteiger partial charge in [0.15, 0.2) is 0 Å². The van der Waals surface area contributed by atoms with Gasteiger partial charge in [-0.1, -0.05) is 35.5 Å². The van der Waals surface area contributed by atoms with Gasteiger partial charge in [-0.05, 0) is 42.8 Å². The van der Waals surface area contributed by atoms with E-state index in [9.17, 15) is 9.50 Å². The van der Waals surface area contributed by atoms with Crippen LogP contribution in [0.2, 0.25) is 5.02 Å². The zero-order valence-corrected chi connectivity index (χ0v) is 11.3. The molecule has 1 nitrogen and oxygen atoms in total. The van der Waals surface area contributed by atoms with E-state index in [0.29, 0.717) is 5.02 Å². The van der Waals surface area contributed by atoms with Gasteiger partial charge in [-0.15, -0.1) is 0 Å². The molecule has 0 saturated carbocycles. The highest BCUT2D eigenvalue weighted by atomic mass is 35.5. The summed E-state index contributed by atoms with van der Waals surface area (Å²) in [5.41, 5.74) is 0.767. The van der Waals surface area contributed by atoms with Gasteiger partial charge in [-0.3, -0.25) is 0 Å². The Morgan fingerprint density at radius 1 is 1.22 bits per heavy atom. The van der Waals surface area contributed by atoms with Gasteiger partial charge in [-0.2, -0.15) is 0 Å². The lowest BCUT2D eigenvalue weighted by Gasteiger charge is -2.08. The van der Waals surface area contributed by atoms with Gasteiger partial charge < -0.3 is 5.11 Å². The monoisotopic (exact) mass is 282 g/mol. The van der Waals surface area contributed by atoms with Crippen molar-refractivity contribution in [1.82, 2.24) is 0 Å². The fourth-order valence-electron chi connectivity index (χ4n) is 1.52. The van der Waals surface area contributed by atoms with Crippen molar-refractivity contribution in [3.63, 3.8) is 0 Å². The molecule has 0 radical (unpaired) electrons. The van der Waals surface area contributed by atoms with Crippen LogP contribution in [0.5, 0.6) is 0 Å². The van der Waals surface area contributed by atoms with Crippen LogP contribution in [0.25, 0.3) is 0 Å². The second-order valence-corrected chi connectivity index (χ2v) is 5.45. The van der Waals surface area contributed by atoms with Crippen molar-refractivity contribution in [3.05, 3.63) is 58.9 Å². The molecule has 1 atom stereocenters. The number of hydrogen-bond donors (Lipinski definition) is 1. The Balaban J connectivity index is 2.24. The average molecular weight is 283 g/mol. The molecule has 0 spiro atoms. The normalized spacial score (nSPS) is 12.4. The van der Waals surface area contributed by atoms with Gasteiger partial charge in [0.2, 0.25) is 0 Å². The van der Waals surface area contributed by atoms with E-state index >= 15 is 0 Å². The lowest BCUT2D eigenvalue weighted by molar-refractivity contribution is 0.199. The molecule has 2 rings (SSSR count). The Labute approximate surface area is 115 Å². The first-order valence-corrected chi connectivity index (χ1v) is 6.66. The third-order valence-corrected chi connectivity index (χ3v) is 3.95. The van der Waals surface area contributed by atoms with E-state index < -0.39 is 6.10 Å². The van der Waals surface area contributed by atoms with Crippen molar-refractivity contribution in [2.24, 2.45) is 0 Å². The highest BCUT2D eigenvalue weighted by Crippen LogP contribution is 2.34. The molecule has 1 N–H and O–H groups in total. The molecular weight excluding hydrogens is 271 g/mol. The summed E-state index contributed by atoms with van der Waals surface area (Å²) >= 11 is 7.53. The molecule has 94 valence electrons. The van der Waals surface area contributed by atoms with E-state index in [1.54, 1.807) is 19.1 Å². The van der Waals surface area contributed by atoms with Crippen LogP contribution in [0.1, 0.15) is 18.6 Å². The van der Waals surface area contributed by atoms with E-state index in [1.807, 2.05) is 18.2 Å². The Morgan fingerprint density at radius 3 is 2.61 bits per heavy atom. The Hall–Kier alpha value is -1.03. The maximum atomic E-state index is 13.1. The first-order chi connectivity index (χ1) is 8.56. The second kappa shape index (κ2) is 5.74. The number of rotatable bonds is 3. The molecule has 18 heavy (non-hydrogen) atoms. The summed E-state index contributed by atoms with van der Waals surface area (Å²) in [6, 6.07) is 11.7. The molecule has 0 aliphatic carbocycles. The largest absolute Gasteiger partial charge is 0.389 e. The average Bonchev–Trinajstić information content (AvgIpc) is 2.31. The van der Waals surface area contributed by atoms with E-state index in [4.69, 9.17) is 11.6 Å². The SMILES string of the molecule is C[C@@H](O)c1ccc(Sc2cccc(F)c2)c(Cl)c1. The van der Waals surface area contributed by atoms with E-state index in [-0.39, 0.29) is 5.82 Å². The van der Waals surface area contributed by atoms with Crippen LogP contribution in [0, 0.1) is 5.82 Å². The standard InChI is InChI=1S/C14H12ClFOS/c1-9(17)10-5-6-14(13(15)7-10)18-12-4-2-3-11(16)8-12/h2-9,17H,1H3/t9-/m1/s1. The summed E-state index contributed by atoms with van der Waals surface area (Å²) in [6.45, 7) is 1.69. The first kappa shape index (κ1) is 13.4. The predicted octanol–water partition coefficient (Wildman–Crippen LogP) is 4.68. The molecule has 0 amide bonds. The smallest absolute Gasteiger partial charge is 0.124 e. The summed E-state index contributed by atoms with van der Waals surface area (Å²) in [7, 11) is 0. The van der Waals surface area contributed by atoms with Crippen LogP contribution in [-0.4, -0.2) is 5.11 Å². The van der Waals surface area contributed by atoms with Crippen molar-refractivity contribution in [1.29, 1.82) is 0 Å². The number of benzene rings is 2. The Bertz CT molecular complexity index is 557. The van der Waals surface area contributed by atoms with Crippen molar-refractivity contribution >= 4 is 23.4 Å². The van der Waals surface area contributed by atoms with Crippen molar-refractivity contribution in [3.8, 4) is 0 Å². The molecule has 0 heterocycles. The first-order valence-electron chi connectivity index (χ1n) is 5.47. The number of aliphatic hydroxyl groups is 1. The maximum absolute atomic E-state index is 13.1. The zero-order valence-electron chi connectivity index (χ0n) is 9.73. The van der Waals surface area contributed by atoms with E-state index in [1.165, 1.54) is 23.9 Å². The number of halogens is 2. The third kappa shape index (κ3) is 3.25. The molecule has 4 heteroatoms. The van der Waals surface area contributed by atoms with Crippen LogP contribution in [-0.2, 0) is 0 Å². The number of hydrogen-bond acceptors (Lipinski definition) is 2. The van der Waals surface area contributed by atoms with Crippen molar-refractivity contribution in [2.75, 3.05) is 0 Å². The van der Waals surface area contributed by atoms with E-state index in [2.05, 4.69) is 0 Å². The predicted molar refractivity (Wildman–Crippen MR) is 72.6 cm³/mol. The summed E-state index contributed by atoms with van der Waals surface area (Å²) in [5.74, 6) is -0.267. The molecule has 0 unspecified atom stereocenters. The quantitative estimate of drug-likeness (QED) is 0.882. The van der Waals surface area contributed by atoms with Gasteiger partial charge in [-0.25, -0.2) is 4.39 Å². The number of aliphatic hydroxyl groups excluding tert-OH is 1. The highest BCUT2D eigenvalue weighted by molar-refractivity contribution is 7.99. The Kier molecular flexibility index (Phi) is 4.27. The maximum Gasteiger partial charge on any atom is 0.124 e. The summed E-state index contributed by atoms with van der Waals surface area (Å²) in [5, 5.41) is 10.0. The van der Waals surface area contributed by atoms with Crippen molar-refractivity contribution in [2.45, 2.75) is 22.8 Å². The molecular formula is C14H12ClFOS. The lowest BCUT2D eigenvalue weighted by Crippen LogP contribution is -1.90. The van der Waals surface area contributed by atoms with E-state index in [0.717, 1.165) is 15.4 Å². The summed E-state index contributed by atoms with van der Waals surface area (Å²) in [6.07, 6.45) is -0.546. The minimum absolute atomic E-state index is 0.267. The van der Waals surface area contributed by atoms with Crippen LogP contribution < -0.4 is 0 Å². The third-order valence-electron chi connectivity index (χ3n) is 2.46. The van der Waals surface area contributed by atoms with Crippen molar-refractivity contribution < 1.29 is 9.50 Å². The van der Waals surface area contributed by atoms with Gasteiger partial charge in [0.1, 0.15) is 5.82 Å². The molecule has 0 aliphatic rings. The molecule has 0 bridgehead atoms. The van der Waals surface area contributed by atoms with Crippen LogP contribution in [0.3, 0.4) is 0 Å². The molecule has 2 aromatic carbocycles. The molecule has 0 saturated heterocycles. The molecule has 0 aliphatic heterocycles. The second-order valence-electron chi connectivity index (χ2n) is 3.93. The Morgan fingerprint density at radius 2 is 2.00 bits per heavy atom. The molecule has 0 fully saturated rings. The lowest BCUT2D eigenvalue weighted by atomic mass is 10.1. The van der Waals surface area contributed by atoms with Gasteiger partial charge in [0.05, 0.1) is 11.1 Å². The van der Waals surface area contributed by atoms with Gasteiger partial charge in [0, 0.05) is 9.79 Å². The summed E-state index contributed by atoms with van der Waals surface area (Å²) < 4.78 is 13.1. The van der Waals surface area contributed by atoms with Crippen LogP contribution in [0.15, 0.2) is 52.3 Å². The van der Waals surface area contributed by atoms with Gasteiger partial charge >= 0.3 is 0 Å². The molecule has 0 aromatic heterocycles. The molecule has 2 aromatic rings. The summed E-state index contributed by atoms with van der Waals surface area (Å²) in [4.78, 5) is 1.63. The fourth-order valence-corrected chi connectivity index (χ4v) is 2.69. The minimum atomic E-state index is -0.546. The fraction of sp³-hybridized carbons (Fsp3) is 0.143. The topological polar surface area (TPSA) is 20.2 Å². The van der Waals surface area contributed by atoms with Gasteiger partial charge in [0.25, 0.3) is 0 Å². The highest BCUT2D eigenvalue weighted by Gasteiger charge is 2.07. The zero-order chi connectivity index (χ0) is 13.1. The minimum Gasteiger partial charge on any atom is -0.389 e.